The molecule has 9 nitrogen and oxygen atoms in total. The fraction of sp³-hybridized carbons (Fsp3) is 0.0714. The molecule has 9 heteroatoms. The number of rotatable bonds is 5. The Morgan fingerprint density at radius 2 is 1.91 bits per heavy atom. The second-order valence-electron chi connectivity index (χ2n) is 4.51. The average Bonchev–Trinajstić information content (AvgIpc) is 3.18. The zero-order valence-corrected chi connectivity index (χ0v) is 11.6. The summed E-state index contributed by atoms with van der Waals surface area (Å²) in [5.74, 6) is -1.13. The van der Waals surface area contributed by atoms with Crippen molar-refractivity contribution in [1.82, 2.24) is 10.2 Å². The zero-order chi connectivity index (χ0) is 16.2. The molecule has 1 aromatic carbocycles. The molecule has 0 aliphatic rings. The van der Waals surface area contributed by atoms with Gasteiger partial charge in [-0.15, -0.1) is 5.10 Å². The first-order valence-corrected chi connectivity index (χ1v) is 6.54. The van der Waals surface area contributed by atoms with Crippen LogP contribution in [0.2, 0.25) is 0 Å². The van der Waals surface area contributed by atoms with E-state index in [0.29, 0.717) is 12.3 Å². The number of nitrogens with zero attached hydrogens (tertiary/aromatic N) is 3. The first-order valence-electron chi connectivity index (χ1n) is 6.54. The highest BCUT2D eigenvalue weighted by molar-refractivity contribution is 6.01. The maximum Gasteiger partial charge on any atom is 0.433 e. The number of nitrogens with one attached hydrogen (secondary N) is 1. The van der Waals surface area contributed by atoms with E-state index in [2.05, 4.69) is 15.5 Å². The Bertz CT molecular complexity index is 840. The quantitative estimate of drug-likeness (QED) is 0.566. The molecule has 0 radical (unpaired) electrons. The predicted octanol–water partition coefficient (Wildman–Crippen LogP) is 2.41. The summed E-state index contributed by atoms with van der Waals surface area (Å²) in [5.41, 5.74) is 0.982. The van der Waals surface area contributed by atoms with Gasteiger partial charge in [0.25, 0.3) is 5.91 Å². The van der Waals surface area contributed by atoms with E-state index in [1.165, 1.54) is 6.07 Å². The number of benzene rings is 1. The molecule has 0 aliphatic carbocycles. The van der Waals surface area contributed by atoms with E-state index in [4.69, 9.17) is 8.83 Å². The van der Waals surface area contributed by atoms with Gasteiger partial charge in [0.2, 0.25) is 5.89 Å². The lowest BCUT2D eigenvalue weighted by molar-refractivity contribution is -0.402. The topological polar surface area (TPSA) is 124 Å². The fourth-order valence-corrected chi connectivity index (χ4v) is 1.85. The van der Waals surface area contributed by atoms with Gasteiger partial charge in [-0.25, -0.2) is 0 Å². The molecular weight excluding hydrogens is 304 g/mol. The van der Waals surface area contributed by atoms with Gasteiger partial charge in [0.15, 0.2) is 5.76 Å². The van der Waals surface area contributed by atoms with Crippen LogP contribution in [0.3, 0.4) is 0 Å². The second-order valence-corrected chi connectivity index (χ2v) is 4.51. The van der Waals surface area contributed by atoms with Gasteiger partial charge in [0, 0.05) is 0 Å². The Labute approximate surface area is 129 Å². The van der Waals surface area contributed by atoms with Crippen molar-refractivity contribution in [3.05, 3.63) is 69.8 Å². The maximum absolute atomic E-state index is 11.9. The molecule has 2 aromatic heterocycles. The lowest BCUT2D eigenvalue weighted by Crippen LogP contribution is -2.11. The van der Waals surface area contributed by atoms with Crippen LogP contribution in [-0.4, -0.2) is 21.0 Å². The number of amides is 1. The number of anilines is 1. The van der Waals surface area contributed by atoms with Gasteiger partial charge in [-0.1, -0.05) is 35.4 Å². The number of hydrogen-bond acceptors (Lipinski definition) is 7. The highest BCUT2D eigenvalue weighted by Crippen LogP contribution is 2.17. The molecule has 0 unspecified atom stereocenters. The molecule has 1 amide bonds. The largest absolute Gasteiger partial charge is 0.433 e. The zero-order valence-electron chi connectivity index (χ0n) is 11.6. The van der Waals surface area contributed by atoms with Crippen molar-refractivity contribution in [2.75, 3.05) is 5.32 Å². The molecule has 23 heavy (non-hydrogen) atoms. The van der Waals surface area contributed by atoms with Crippen LogP contribution in [-0.2, 0) is 6.42 Å². The van der Waals surface area contributed by atoms with Gasteiger partial charge in [-0.2, -0.15) is 0 Å². The van der Waals surface area contributed by atoms with Gasteiger partial charge >= 0.3 is 11.9 Å². The smallest absolute Gasteiger partial charge is 0.407 e. The Kier molecular flexibility index (Phi) is 3.83. The lowest BCUT2D eigenvalue weighted by atomic mass is 10.2. The van der Waals surface area contributed by atoms with Gasteiger partial charge in [-0.05, 0) is 11.6 Å². The molecule has 0 aliphatic heterocycles. The monoisotopic (exact) mass is 314 g/mol. The molecule has 0 saturated carbocycles. The summed E-state index contributed by atoms with van der Waals surface area (Å²) < 4.78 is 10.1. The third-order valence-corrected chi connectivity index (χ3v) is 2.88. The van der Waals surface area contributed by atoms with E-state index in [0.717, 1.165) is 11.6 Å². The standard InChI is InChI=1S/C14H10N4O5/c19-13(10-6-7-12(22-10)18(20)21)15-14-17-16-11(23-14)8-9-4-2-1-3-5-9/h1-7H,8H2,(H,15,17,19). The summed E-state index contributed by atoms with van der Waals surface area (Å²) >= 11 is 0. The van der Waals surface area contributed by atoms with Crippen molar-refractivity contribution >= 4 is 17.8 Å². The molecule has 1 N–H and O–H groups in total. The summed E-state index contributed by atoms with van der Waals surface area (Å²) in [6.45, 7) is 0. The second kappa shape index (κ2) is 6.10. The third-order valence-electron chi connectivity index (χ3n) is 2.88. The number of hydrogen-bond donors (Lipinski definition) is 1. The van der Waals surface area contributed by atoms with Crippen molar-refractivity contribution in [3.8, 4) is 0 Å². The van der Waals surface area contributed by atoms with Crippen LogP contribution in [0, 0.1) is 10.1 Å². The summed E-state index contributed by atoms with van der Waals surface area (Å²) in [5, 5.41) is 20.3. The van der Waals surface area contributed by atoms with Crippen LogP contribution in [0.1, 0.15) is 22.0 Å². The van der Waals surface area contributed by atoms with Crippen molar-refractivity contribution in [1.29, 1.82) is 0 Å². The molecule has 0 spiro atoms. The van der Waals surface area contributed by atoms with E-state index in [9.17, 15) is 14.9 Å². The summed E-state index contributed by atoms with van der Waals surface area (Å²) in [7, 11) is 0. The van der Waals surface area contributed by atoms with Crippen LogP contribution in [0.15, 0.2) is 51.3 Å². The Balaban J connectivity index is 1.66. The molecule has 0 saturated heterocycles. The van der Waals surface area contributed by atoms with E-state index in [-0.39, 0.29) is 11.8 Å². The normalized spacial score (nSPS) is 10.4. The van der Waals surface area contributed by atoms with E-state index < -0.39 is 16.7 Å². The van der Waals surface area contributed by atoms with Gasteiger partial charge < -0.3 is 8.83 Å². The average molecular weight is 314 g/mol. The van der Waals surface area contributed by atoms with Crippen molar-refractivity contribution in [3.63, 3.8) is 0 Å². The molecule has 3 aromatic rings. The Hall–Kier alpha value is -3.49. The Morgan fingerprint density at radius 1 is 1.13 bits per heavy atom. The maximum atomic E-state index is 11.9. The summed E-state index contributed by atoms with van der Waals surface area (Å²) in [6.07, 6.45) is 0.427. The predicted molar refractivity (Wildman–Crippen MR) is 76.9 cm³/mol. The Morgan fingerprint density at radius 3 is 2.61 bits per heavy atom. The molecule has 3 rings (SSSR count). The number of furan rings is 1. The minimum atomic E-state index is -0.735. The molecule has 0 fully saturated rings. The minimum Gasteiger partial charge on any atom is -0.407 e. The molecule has 2 heterocycles. The number of nitro groups is 1. The van der Waals surface area contributed by atoms with Crippen molar-refractivity contribution in [2.45, 2.75) is 6.42 Å². The first kappa shape index (κ1) is 14.4. The fourth-order valence-electron chi connectivity index (χ4n) is 1.85. The van der Waals surface area contributed by atoms with Gasteiger partial charge in [0.1, 0.15) is 4.92 Å². The van der Waals surface area contributed by atoms with Crippen molar-refractivity contribution < 1.29 is 18.6 Å². The molecule has 0 bridgehead atoms. The van der Waals surface area contributed by atoms with Crippen LogP contribution < -0.4 is 5.32 Å². The van der Waals surface area contributed by atoms with E-state index >= 15 is 0 Å². The first-order chi connectivity index (χ1) is 11.1. The van der Waals surface area contributed by atoms with E-state index in [1.807, 2.05) is 30.3 Å². The van der Waals surface area contributed by atoms with Crippen molar-refractivity contribution in [2.24, 2.45) is 0 Å². The van der Waals surface area contributed by atoms with Gasteiger partial charge in [-0.3, -0.25) is 20.2 Å². The number of aromatic nitrogens is 2. The molecule has 116 valence electrons. The molecule has 0 atom stereocenters. The number of carbonyl (C=O) groups excluding carboxylic acids is 1. The van der Waals surface area contributed by atoms with E-state index in [1.54, 1.807) is 0 Å². The highest BCUT2D eigenvalue weighted by atomic mass is 16.6. The van der Waals surface area contributed by atoms with Crippen LogP contribution in [0.4, 0.5) is 11.9 Å². The van der Waals surface area contributed by atoms with Crippen LogP contribution in [0.25, 0.3) is 0 Å². The van der Waals surface area contributed by atoms with Gasteiger partial charge in [0.05, 0.1) is 12.5 Å². The summed E-state index contributed by atoms with van der Waals surface area (Å²) in [4.78, 5) is 21.6. The van der Waals surface area contributed by atoms with Crippen LogP contribution in [0.5, 0.6) is 0 Å². The third kappa shape index (κ3) is 3.40. The SMILES string of the molecule is O=C(Nc1nnc(Cc2ccccc2)o1)c1ccc([N+](=O)[O-])o1. The molecular formula is C14H10N4O5. The summed E-state index contributed by atoms with van der Waals surface area (Å²) in [6, 6.07) is 11.6. The minimum absolute atomic E-state index is 0.111. The van der Waals surface area contributed by atoms with Crippen LogP contribution >= 0.6 is 0 Å². The highest BCUT2D eigenvalue weighted by Gasteiger charge is 2.19. The number of carbonyl (C=O) groups is 1. The lowest BCUT2D eigenvalue weighted by Gasteiger charge is -1.96.